The first-order valence-corrected chi connectivity index (χ1v) is 9.92. The van der Waals surface area contributed by atoms with E-state index in [1.165, 1.54) is 18.0 Å². The number of hydrogen-bond acceptors (Lipinski definition) is 10. The number of amides is 1. The van der Waals surface area contributed by atoms with Crippen LogP contribution in [0.25, 0.3) is 0 Å². The Morgan fingerprint density at radius 3 is 2.50 bits per heavy atom. The number of methoxy groups -OCH3 is 1. The van der Waals surface area contributed by atoms with Crippen LogP contribution in [0.2, 0.25) is 0 Å². The molecule has 1 amide bonds. The number of aromatic nitrogens is 4. The summed E-state index contributed by atoms with van der Waals surface area (Å²) in [5.41, 5.74) is 5.26. The highest BCUT2D eigenvalue weighted by atomic mass is 32.2. The third-order valence-electron chi connectivity index (χ3n) is 3.61. The molecular weight excluding hydrogens is 410 g/mol. The third kappa shape index (κ3) is 5.70. The Balaban J connectivity index is 1.67. The molecule has 0 aliphatic rings. The summed E-state index contributed by atoms with van der Waals surface area (Å²) < 4.78 is 22.0. The van der Waals surface area contributed by atoms with Crippen molar-refractivity contribution in [1.82, 2.24) is 19.9 Å². The number of primary amides is 1. The van der Waals surface area contributed by atoms with Crippen LogP contribution < -0.4 is 24.7 Å². The van der Waals surface area contributed by atoms with Gasteiger partial charge in [-0.05, 0) is 18.4 Å². The summed E-state index contributed by atoms with van der Waals surface area (Å²) in [6.45, 7) is 0.241. The number of nitrogens with zero attached hydrogens (tertiary/aromatic N) is 4. The molecule has 0 saturated carbocycles. The van der Waals surface area contributed by atoms with Gasteiger partial charge in [0.05, 0.1) is 13.3 Å². The molecule has 2 heterocycles. The van der Waals surface area contributed by atoms with E-state index in [0.29, 0.717) is 11.5 Å². The summed E-state index contributed by atoms with van der Waals surface area (Å²) in [6.07, 6.45) is 6.57. The van der Waals surface area contributed by atoms with Gasteiger partial charge in [-0.15, -0.1) is 11.8 Å². The van der Waals surface area contributed by atoms with E-state index in [-0.39, 0.29) is 36.7 Å². The zero-order chi connectivity index (χ0) is 21.3. The van der Waals surface area contributed by atoms with E-state index in [2.05, 4.69) is 19.9 Å². The van der Waals surface area contributed by atoms with Crippen molar-refractivity contribution in [2.75, 3.05) is 26.6 Å². The fourth-order valence-corrected chi connectivity index (χ4v) is 2.51. The number of carbonyl (C=O) groups excluding carboxylic acids is 1. The topological polar surface area (TPSA) is 132 Å². The summed E-state index contributed by atoms with van der Waals surface area (Å²) in [7, 11) is 1.55. The number of nitrogens with two attached hydrogens (primary N) is 1. The van der Waals surface area contributed by atoms with Crippen LogP contribution in [0.5, 0.6) is 29.1 Å². The van der Waals surface area contributed by atoms with Crippen molar-refractivity contribution in [2.24, 2.45) is 5.73 Å². The van der Waals surface area contributed by atoms with Crippen molar-refractivity contribution in [3.05, 3.63) is 48.7 Å². The Hall–Kier alpha value is -3.60. The van der Waals surface area contributed by atoms with E-state index in [9.17, 15) is 4.79 Å². The van der Waals surface area contributed by atoms with Gasteiger partial charge < -0.3 is 24.7 Å². The summed E-state index contributed by atoms with van der Waals surface area (Å²) in [5, 5.41) is 0. The Bertz CT molecular complexity index is 1000. The minimum atomic E-state index is -0.786. The van der Waals surface area contributed by atoms with E-state index < -0.39 is 5.91 Å². The lowest BCUT2D eigenvalue weighted by Gasteiger charge is -2.12. The summed E-state index contributed by atoms with van der Waals surface area (Å²) >= 11 is 1.53. The Morgan fingerprint density at radius 2 is 1.80 bits per heavy atom. The molecule has 0 aliphatic carbocycles. The molecule has 3 aromatic rings. The summed E-state index contributed by atoms with van der Waals surface area (Å²) in [4.78, 5) is 28.4. The maximum atomic E-state index is 11.4. The van der Waals surface area contributed by atoms with Crippen LogP contribution in [0, 0.1) is 0 Å². The zero-order valence-electron chi connectivity index (χ0n) is 16.3. The van der Waals surface area contributed by atoms with E-state index >= 15 is 0 Å². The molecule has 11 heteroatoms. The molecule has 0 saturated heterocycles. The fourth-order valence-electron chi connectivity index (χ4n) is 2.19. The number of thioether (sulfide) groups is 1. The van der Waals surface area contributed by atoms with E-state index in [1.54, 1.807) is 43.8 Å². The van der Waals surface area contributed by atoms with Crippen molar-refractivity contribution >= 4 is 17.7 Å². The van der Waals surface area contributed by atoms with Crippen molar-refractivity contribution in [2.45, 2.75) is 4.90 Å². The van der Waals surface area contributed by atoms with Gasteiger partial charge in [0.1, 0.15) is 24.7 Å². The van der Waals surface area contributed by atoms with Crippen LogP contribution in [0.3, 0.4) is 0 Å². The van der Waals surface area contributed by atoms with Gasteiger partial charge in [0.25, 0.3) is 11.8 Å². The number of rotatable bonds is 10. The summed E-state index contributed by atoms with van der Waals surface area (Å²) in [5.74, 6) is 0.364. The number of hydrogen-bond donors (Lipinski definition) is 1. The molecule has 0 unspecified atom stereocenters. The highest BCUT2D eigenvalue weighted by molar-refractivity contribution is 7.98. The maximum absolute atomic E-state index is 11.4. The first-order chi connectivity index (χ1) is 14.6. The smallest absolute Gasteiger partial charge is 0.316 e. The van der Waals surface area contributed by atoms with Gasteiger partial charge in [0, 0.05) is 23.4 Å². The second kappa shape index (κ2) is 10.3. The highest BCUT2D eigenvalue weighted by Gasteiger charge is 2.15. The number of ether oxygens (including phenoxy) is 4. The second-order valence-electron chi connectivity index (χ2n) is 5.61. The summed E-state index contributed by atoms with van der Waals surface area (Å²) in [6, 6.07) is 7.19. The molecule has 0 fully saturated rings. The fraction of sp³-hybridized carbons (Fsp3) is 0.211. The van der Waals surface area contributed by atoms with Crippen molar-refractivity contribution in [3.63, 3.8) is 0 Å². The van der Waals surface area contributed by atoms with E-state index in [0.717, 1.165) is 4.90 Å². The van der Waals surface area contributed by atoms with Crippen LogP contribution >= 0.6 is 11.8 Å². The molecule has 10 nitrogen and oxygen atoms in total. The largest absolute Gasteiger partial charge is 0.497 e. The van der Waals surface area contributed by atoms with Crippen LogP contribution in [0.1, 0.15) is 10.6 Å². The Kier molecular flexibility index (Phi) is 7.22. The zero-order valence-corrected chi connectivity index (χ0v) is 17.1. The maximum Gasteiger partial charge on any atom is 0.316 e. The lowest BCUT2D eigenvalue weighted by atomic mass is 10.3. The predicted octanol–water partition coefficient (Wildman–Crippen LogP) is 2.35. The van der Waals surface area contributed by atoms with Crippen LogP contribution in [0.15, 0.2) is 47.8 Å². The molecule has 0 spiro atoms. The first kappa shape index (κ1) is 21.1. The van der Waals surface area contributed by atoms with Gasteiger partial charge in [-0.25, -0.2) is 15.0 Å². The van der Waals surface area contributed by atoms with Crippen LogP contribution in [-0.4, -0.2) is 52.4 Å². The van der Waals surface area contributed by atoms with Crippen molar-refractivity contribution in [3.8, 4) is 29.1 Å². The standard InChI is InChI=1S/C19H19N5O5S/c1-26-12-4-3-5-13(8-12)29-15-11-21-17(16(20)25)24-18(15)27-6-7-28-19-22-9-14(30-2)10-23-19/h3-5,8-11H,6-7H2,1-2H3,(H2,20,25). The van der Waals surface area contributed by atoms with Gasteiger partial charge in [-0.1, -0.05) is 6.07 Å². The monoisotopic (exact) mass is 429 g/mol. The van der Waals surface area contributed by atoms with E-state index in [1.807, 2.05) is 6.26 Å². The van der Waals surface area contributed by atoms with Crippen LogP contribution in [-0.2, 0) is 0 Å². The lowest BCUT2D eigenvalue weighted by Crippen LogP contribution is -2.17. The van der Waals surface area contributed by atoms with Crippen LogP contribution in [0.4, 0.5) is 0 Å². The Labute approximate surface area is 176 Å². The van der Waals surface area contributed by atoms with Crippen molar-refractivity contribution < 1.29 is 23.7 Å². The lowest BCUT2D eigenvalue weighted by molar-refractivity contribution is 0.0988. The van der Waals surface area contributed by atoms with Gasteiger partial charge in [-0.3, -0.25) is 4.79 Å². The van der Waals surface area contributed by atoms with Crippen molar-refractivity contribution in [1.29, 1.82) is 0 Å². The average molecular weight is 429 g/mol. The molecular formula is C19H19N5O5S. The highest BCUT2D eigenvalue weighted by Crippen LogP contribution is 2.30. The predicted molar refractivity (Wildman–Crippen MR) is 108 cm³/mol. The molecule has 0 bridgehead atoms. The molecule has 3 rings (SSSR count). The molecule has 30 heavy (non-hydrogen) atoms. The molecule has 156 valence electrons. The molecule has 0 radical (unpaired) electrons. The van der Waals surface area contributed by atoms with E-state index in [4.69, 9.17) is 24.7 Å². The molecule has 2 N–H and O–H groups in total. The molecule has 1 aromatic carbocycles. The third-order valence-corrected chi connectivity index (χ3v) is 4.29. The molecule has 2 aromatic heterocycles. The molecule has 0 aliphatic heterocycles. The Morgan fingerprint density at radius 1 is 1.07 bits per heavy atom. The minimum absolute atomic E-state index is 0.0452. The first-order valence-electron chi connectivity index (χ1n) is 8.69. The average Bonchev–Trinajstić information content (AvgIpc) is 2.78. The second-order valence-corrected chi connectivity index (χ2v) is 6.49. The van der Waals surface area contributed by atoms with Gasteiger partial charge in [0.2, 0.25) is 11.6 Å². The normalized spacial score (nSPS) is 10.3. The number of carbonyl (C=O) groups is 1. The number of benzene rings is 1. The SMILES string of the molecule is COc1cccc(Oc2cnc(C(N)=O)nc2OCCOc2ncc(SC)cn2)c1. The minimum Gasteiger partial charge on any atom is -0.497 e. The van der Waals surface area contributed by atoms with Gasteiger partial charge in [-0.2, -0.15) is 4.98 Å². The van der Waals surface area contributed by atoms with Gasteiger partial charge in [0.15, 0.2) is 0 Å². The van der Waals surface area contributed by atoms with Gasteiger partial charge >= 0.3 is 6.01 Å². The quantitative estimate of drug-likeness (QED) is 0.378. The molecule has 0 atom stereocenters.